The molecule has 0 saturated carbocycles. The molecule has 1 aliphatic rings. The second-order valence-electron chi connectivity index (χ2n) is 4.80. The fourth-order valence-corrected chi connectivity index (χ4v) is 2.23. The summed E-state index contributed by atoms with van der Waals surface area (Å²) >= 11 is 5.83. The molecule has 0 radical (unpaired) electrons. The van der Waals surface area contributed by atoms with Gasteiger partial charge in [-0.1, -0.05) is 23.6 Å². The molecule has 6 nitrogen and oxygen atoms in total. The number of ether oxygens (including phenoxy) is 2. The number of hydrogen-bond donors (Lipinski definition) is 0. The van der Waals surface area contributed by atoms with Crippen molar-refractivity contribution < 1.29 is 23.9 Å². The van der Waals surface area contributed by atoms with E-state index in [2.05, 4.69) is 0 Å². The lowest BCUT2D eigenvalue weighted by Gasteiger charge is -2.38. The van der Waals surface area contributed by atoms with E-state index in [4.69, 9.17) is 25.9 Å². The van der Waals surface area contributed by atoms with E-state index in [0.717, 1.165) is 0 Å². The molecule has 1 aromatic carbocycles. The summed E-state index contributed by atoms with van der Waals surface area (Å²) in [5.74, 6) is -0.115. The predicted molar refractivity (Wildman–Crippen MR) is 79.4 cm³/mol. The number of morpholine rings is 1. The average Bonchev–Trinajstić information content (AvgIpc) is 2.50. The molecule has 2 rings (SSSR count). The smallest absolute Gasteiger partial charge is 0.304 e. The molecular weight excluding hydrogens is 310 g/mol. The lowest BCUT2D eigenvalue weighted by molar-refractivity contribution is -0.258. The molecular formula is C15H18ClNO5. The van der Waals surface area contributed by atoms with Gasteiger partial charge in [-0.05, 0) is 24.3 Å². The standard InChI is InChI=1S/C15H18ClNO5/c1-3-13(19)14-15(21-10(2)18)17(8-9-20-14)22-12-6-4-11(16)5-7-12/h4-7,14-15H,3,8-9H2,1-2H3. The van der Waals surface area contributed by atoms with Crippen LogP contribution in [0.2, 0.25) is 5.02 Å². The zero-order valence-corrected chi connectivity index (χ0v) is 13.2. The lowest BCUT2D eigenvalue weighted by atomic mass is 10.1. The van der Waals surface area contributed by atoms with Gasteiger partial charge in [-0.25, -0.2) is 0 Å². The second kappa shape index (κ2) is 7.58. The number of benzene rings is 1. The van der Waals surface area contributed by atoms with Crippen molar-refractivity contribution in [3.05, 3.63) is 29.3 Å². The van der Waals surface area contributed by atoms with E-state index in [1.165, 1.54) is 12.0 Å². The zero-order valence-electron chi connectivity index (χ0n) is 12.5. The van der Waals surface area contributed by atoms with Crippen molar-refractivity contribution in [2.45, 2.75) is 32.6 Å². The summed E-state index contributed by atoms with van der Waals surface area (Å²) < 4.78 is 10.7. The van der Waals surface area contributed by atoms with Crippen LogP contribution in [0.25, 0.3) is 0 Å². The van der Waals surface area contributed by atoms with Crippen LogP contribution in [0.15, 0.2) is 24.3 Å². The predicted octanol–water partition coefficient (Wildman–Crippen LogP) is 2.20. The van der Waals surface area contributed by atoms with Gasteiger partial charge in [0.1, 0.15) is 5.75 Å². The van der Waals surface area contributed by atoms with E-state index in [-0.39, 0.29) is 12.2 Å². The maximum absolute atomic E-state index is 12.0. The molecule has 1 aromatic rings. The van der Waals surface area contributed by atoms with Crippen molar-refractivity contribution in [1.82, 2.24) is 5.06 Å². The van der Waals surface area contributed by atoms with E-state index < -0.39 is 18.3 Å². The monoisotopic (exact) mass is 327 g/mol. The number of Topliss-reactive ketones (excluding diaryl/α,β-unsaturated/α-hetero) is 1. The van der Waals surface area contributed by atoms with Crippen molar-refractivity contribution in [3.63, 3.8) is 0 Å². The number of nitrogens with zero attached hydrogens (tertiary/aromatic N) is 1. The molecule has 7 heteroatoms. The molecule has 2 atom stereocenters. The van der Waals surface area contributed by atoms with Crippen LogP contribution in [0.3, 0.4) is 0 Å². The molecule has 0 amide bonds. The molecule has 0 aliphatic carbocycles. The summed E-state index contributed by atoms with van der Waals surface area (Å²) in [4.78, 5) is 29.0. The third-order valence-corrected chi connectivity index (χ3v) is 3.39. The van der Waals surface area contributed by atoms with Crippen molar-refractivity contribution in [1.29, 1.82) is 0 Å². The van der Waals surface area contributed by atoms with E-state index in [9.17, 15) is 9.59 Å². The Bertz CT molecular complexity index is 533. The third-order valence-electron chi connectivity index (χ3n) is 3.14. The van der Waals surface area contributed by atoms with Gasteiger partial charge >= 0.3 is 5.97 Å². The lowest BCUT2D eigenvalue weighted by Crippen LogP contribution is -2.57. The SMILES string of the molecule is CCC(=O)C1OCCN(Oc2ccc(Cl)cc2)C1OC(C)=O. The number of esters is 1. The third kappa shape index (κ3) is 4.19. The normalized spacial score (nSPS) is 22.1. The van der Waals surface area contributed by atoms with Crippen LogP contribution in [0.4, 0.5) is 0 Å². The molecule has 0 N–H and O–H groups in total. The topological polar surface area (TPSA) is 65.1 Å². The number of ketones is 1. The zero-order chi connectivity index (χ0) is 16.1. The molecule has 0 spiro atoms. The second-order valence-corrected chi connectivity index (χ2v) is 5.23. The van der Waals surface area contributed by atoms with Gasteiger partial charge in [-0.2, -0.15) is 0 Å². The van der Waals surface area contributed by atoms with Gasteiger partial charge in [0.15, 0.2) is 11.9 Å². The number of halogens is 1. The minimum atomic E-state index is -0.908. The van der Waals surface area contributed by atoms with Crippen molar-refractivity contribution >= 4 is 23.4 Å². The van der Waals surface area contributed by atoms with Crippen molar-refractivity contribution in [3.8, 4) is 5.75 Å². The Morgan fingerprint density at radius 1 is 1.36 bits per heavy atom. The largest absolute Gasteiger partial charge is 0.440 e. The Morgan fingerprint density at radius 2 is 2.05 bits per heavy atom. The highest BCUT2D eigenvalue weighted by atomic mass is 35.5. The number of hydrogen-bond acceptors (Lipinski definition) is 6. The first kappa shape index (κ1) is 16.7. The summed E-state index contributed by atoms with van der Waals surface area (Å²) in [6.45, 7) is 3.69. The van der Waals surface area contributed by atoms with E-state index in [1.54, 1.807) is 31.2 Å². The van der Waals surface area contributed by atoms with Gasteiger partial charge < -0.3 is 14.3 Å². The Kier molecular flexibility index (Phi) is 5.76. The maximum Gasteiger partial charge on any atom is 0.304 e. The number of carbonyl (C=O) groups excluding carboxylic acids is 2. The van der Waals surface area contributed by atoms with Gasteiger partial charge in [0, 0.05) is 18.4 Å². The summed E-state index contributed by atoms with van der Waals surface area (Å²) in [5.41, 5.74) is 0. The first-order valence-corrected chi connectivity index (χ1v) is 7.40. The molecule has 1 fully saturated rings. The highest BCUT2D eigenvalue weighted by Gasteiger charge is 2.40. The van der Waals surface area contributed by atoms with Crippen LogP contribution >= 0.6 is 11.6 Å². The Labute approximate surface area is 133 Å². The molecule has 0 aromatic heterocycles. The Morgan fingerprint density at radius 3 is 2.64 bits per heavy atom. The molecule has 0 bridgehead atoms. The molecule has 120 valence electrons. The minimum Gasteiger partial charge on any atom is -0.440 e. The first-order valence-electron chi connectivity index (χ1n) is 7.03. The van der Waals surface area contributed by atoms with Crippen molar-refractivity contribution in [2.75, 3.05) is 13.2 Å². The van der Waals surface area contributed by atoms with Crippen LogP contribution < -0.4 is 4.84 Å². The summed E-state index contributed by atoms with van der Waals surface area (Å²) in [5, 5.41) is 2.04. The van der Waals surface area contributed by atoms with Gasteiger partial charge in [0.2, 0.25) is 6.23 Å². The first-order chi connectivity index (χ1) is 10.5. The van der Waals surface area contributed by atoms with Crippen molar-refractivity contribution in [2.24, 2.45) is 0 Å². The fraction of sp³-hybridized carbons (Fsp3) is 0.467. The fourth-order valence-electron chi connectivity index (χ4n) is 2.10. The highest BCUT2D eigenvalue weighted by molar-refractivity contribution is 6.30. The van der Waals surface area contributed by atoms with Gasteiger partial charge in [-0.15, -0.1) is 0 Å². The van der Waals surface area contributed by atoms with Gasteiger partial charge in [0.25, 0.3) is 0 Å². The van der Waals surface area contributed by atoms with Crippen LogP contribution in [0.1, 0.15) is 20.3 Å². The number of carbonyl (C=O) groups is 2. The summed E-state index contributed by atoms with van der Waals surface area (Å²) in [7, 11) is 0. The summed E-state index contributed by atoms with van der Waals surface area (Å²) in [6, 6.07) is 6.76. The van der Waals surface area contributed by atoms with Crippen LogP contribution in [-0.2, 0) is 19.1 Å². The van der Waals surface area contributed by atoms with E-state index in [1.807, 2.05) is 0 Å². The number of hydroxylamine groups is 2. The highest BCUT2D eigenvalue weighted by Crippen LogP contribution is 2.22. The molecule has 2 unspecified atom stereocenters. The van der Waals surface area contributed by atoms with Crippen LogP contribution in [0, 0.1) is 0 Å². The van der Waals surface area contributed by atoms with Gasteiger partial charge in [-0.3, -0.25) is 9.59 Å². The average molecular weight is 328 g/mol. The molecule has 1 aliphatic heterocycles. The van der Waals surface area contributed by atoms with Gasteiger partial charge in [0.05, 0.1) is 13.2 Å². The van der Waals surface area contributed by atoms with E-state index >= 15 is 0 Å². The molecule has 1 heterocycles. The molecule has 1 saturated heterocycles. The van der Waals surface area contributed by atoms with E-state index in [0.29, 0.717) is 23.9 Å². The van der Waals surface area contributed by atoms with Crippen LogP contribution in [0.5, 0.6) is 5.75 Å². The summed E-state index contributed by atoms with van der Waals surface area (Å²) in [6.07, 6.45) is -1.47. The maximum atomic E-state index is 12.0. The Hall–Kier alpha value is -1.63. The quantitative estimate of drug-likeness (QED) is 0.772. The van der Waals surface area contributed by atoms with Crippen LogP contribution in [-0.4, -0.2) is 42.3 Å². The Balaban J connectivity index is 2.16. The minimum absolute atomic E-state index is 0.143. The molecule has 22 heavy (non-hydrogen) atoms. The number of rotatable bonds is 5.